The first-order valence-corrected chi connectivity index (χ1v) is 11.0. The fourth-order valence-electron chi connectivity index (χ4n) is 2.56. The molecule has 2 nitrogen and oxygen atoms in total. The fourth-order valence-corrected chi connectivity index (χ4v) is 5.22. The summed E-state index contributed by atoms with van der Waals surface area (Å²) in [4.78, 5) is 0. The SMILES string of the molecule is CCCCC[CH2][Al]([CH2]CCCCC)[O]C(C)OC(C)C. The molecule has 0 saturated carbocycles. The zero-order valence-electron chi connectivity index (χ0n) is 14.6. The lowest BCUT2D eigenvalue weighted by Gasteiger charge is -2.22. The Bertz CT molecular complexity index is 185. The largest absolute Gasteiger partial charge is 0.478 e. The van der Waals surface area contributed by atoms with Gasteiger partial charge in [0.1, 0.15) is 6.29 Å². The molecule has 0 aromatic rings. The van der Waals surface area contributed by atoms with Crippen molar-refractivity contribution in [3.8, 4) is 0 Å². The highest BCUT2D eigenvalue weighted by Crippen LogP contribution is 2.16. The first-order valence-electron chi connectivity index (χ1n) is 8.91. The Hall–Kier alpha value is 0.452. The van der Waals surface area contributed by atoms with Crippen molar-refractivity contribution in [1.82, 2.24) is 0 Å². The van der Waals surface area contributed by atoms with Crippen LogP contribution in [-0.4, -0.2) is 26.9 Å². The fraction of sp³-hybridized carbons (Fsp3) is 1.00. The lowest BCUT2D eigenvalue weighted by molar-refractivity contribution is -0.0980. The van der Waals surface area contributed by atoms with Crippen LogP contribution in [0.4, 0.5) is 0 Å². The molecule has 0 N–H and O–H groups in total. The average Bonchev–Trinajstić information content (AvgIpc) is 2.38. The maximum absolute atomic E-state index is 6.24. The summed E-state index contributed by atoms with van der Waals surface area (Å²) in [6.07, 6.45) is 11.1. The molecule has 0 aliphatic heterocycles. The summed E-state index contributed by atoms with van der Waals surface area (Å²) < 4.78 is 12.0. The summed E-state index contributed by atoms with van der Waals surface area (Å²) >= 11 is -1.06. The van der Waals surface area contributed by atoms with Crippen LogP contribution in [0.3, 0.4) is 0 Å². The van der Waals surface area contributed by atoms with E-state index in [1.54, 1.807) is 0 Å². The Morgan fingerprint density at radius 1 is 0.750 bits per heavy atom. The van der Waals surface area contributed by atoms with E-state index in [0.717, 1.165) is 0 Å². The highest BCUT2D eigenvalue weighted by atomic mass is 27.2. The van der Waals surface area contributed by atoms with Crippen LogP contribution >= 0.6 is 0 Å². The van der Waals surface area contributed by atoms with Gasteiger partial charge in [0, 0.05) is 0 Å². The molecular weight excluding hydrogens is 263 g/mol. The molecule has 0 bridgehead atoms. The molecule has 1 unspecified atom stereocenters. The van der Waals surface area contributed by atoms with Gasteiger partial charge in [-0.05, 0) is 20.8 Å². The highest BCUT2D eigenvalue weighted by Gasteiger charge is 2.22. The minimum Gasteiger partial charge on any atom is -0.478 e. The van der Waals surface area contributed by atoms with E-state index in [9.17, 15) is 0 Å². The molecule has 0 amide bonds. The first kappa shape index (κ1) is 20.5. The predicted octanol–water partition coefficient (Wildman–Crippen LogP) is 5.93. The van der Waals surface area contributed by atoms with Gasteiger partial charge in [-0.2, -0.15) is 0 Å². The minimum atomic E-state index is -1.06. The summed E-state index contributed by atoms with van der Waals surface area (Å²) in [5.41, 5.74) is 0. The molecule has 0 rings (SSSR count). The molecule has 0 fully saturated rings. The minimum absolute atomic E-state index is 0.0102. The van der Waals surface area contributed by atoms with E-state index < -0.39 is 14.5 Å². The molecule has 0 aliphatic rings. The van der Waals surface area contributed by atoms with Gasteiger partial charge in [0.25, 0.3) is 0 Å². The van der Waals surface area contributed by atoms with E-state index >= 15 is 0 Å². The van der Waals surface area contributed by atoms with Gasteiger partial charge in [0.15, 0.2) is 0 Å². The van der Waals surface area contributed by atoms with Crippen LogP contribution in [0.15, 0.2) is 0 Å². The van der Waals surface area contributed by atoms with Crippen molar-refractivity contribution in [3.05, 3.63) is 0 Å². The van der Waals surface area contributed by atoms with Crippen molar-refractivity contribution in [2.24, 2.45) is 0 Å². The molecule has 3 heteroatoms. The molecule has 0 saturated heterocycles. The van der Waals surface area contributed by atoms with Gasteiger partial charge in [0.2, 0.25) is 0 Å². The zero-order valence-corrected chi connectivity index (χ0v) is 15.8. The Labute approximate surface area is 132 Å². The van der Waals surface area contributed by atoms with E-state index in [0.29, 0.717) is 0 Å². The summed E-state index contributed by atoms with van der Waals surface area (Å²) in [5.74, 6) is 0. The van der Waals surface area contributed by atoms with Crippen molar-refractivity contribution >= 4 is 14.5 Å². The van der Waals surface area contributed by atoms with Crippen molar-refractivity contribution in [2.45, 2.75) is 109 Å². The topological polar surface area (TPSA) is 18.5 Å². The molecule has 120 valence electrons. The molecule has 0 heterocycles. The van der Waals surface area contributed by atoms with Crippen LogP contribution < -0.4 is 0 Å². The molecule has 0 aliphatic carbocycles. The van der Waals surface area contributed by atoms with Crippen LogP contribution in [0, 0.1) is 0 Å². The van der Waals surface area contributed by atoms with Crippen LogP contribution in [-0.2, 0) is 8.53 Å². The predicted molar refractivity (Wildman–Crippen MR) is 90.4 cm³/mol. The van der Waals surface area contributed by atoms with Gasteiger partial charge in [0.05, 0.1) is 6.10 Å². The lowest BCUT2D eigenvalue weighted by atomic mass is 10.2. The van der Waals surface area contributed by atoms with Crippen LogP contribution in [0.25, 0.3) is 0 Å². The second kappa shape index (κ2) is 14.4. The smallest absolute Gasteiger partial charge is 0.462 e. The number of rotatable bonds is 14. The maximum atomic E-state index is 6.24. The second-order valence-corrected chi connectivity index (χ2v) is 8.88. The first-order chi connectivity index (χ1) is 9.60. The van der Waals surface area contributed by atoms with Crippen LogP contribution in [0.2, 0.25) is 10.6 Å². The Morgan fingerprint density at radius 2 is 1.25 bits per heavy atom. The highest BCUT2D eigenvalue weighted by molar-refractivity contribution is 6.51. The van der Waals surface area contributed by atoms with Gasteiger partial charge >= 0.3 is 14.5 Å². The monoisotopic (exact) mass is 300 g/mol. The molecular formula is C17H37AlO2. The summed E-state index contributed by atoms with van der Waals surface area (Å²) in [7, 11) is 0. The number of hydrogen-bond donors (Lipinski definition) is 0. The Balaban J connectivity index is 3.95. The van der Waals surface area contributed by atoms with Crippen molar-refractivity contribution < 1.29 is 8.53 Å². The molecule has 1 atom stereocenters. The molecule has 0 aromatic heterocycles. The van der Waals surface area contributed by atoms with Crippen molar-refractivity contribution in [2.75, 3.05) is 0 Å². The number of ether oxygens (including phenoxy) is 1. The number of unbranched alkanes of at least 4 members (excludes halogenated alkanes) is 6. The average molecular weight is 300 g/mol. The Morgan fingerprint density at radius 3 is 1.65 bits per heavy atom. The van der Waals surface area contributed by atoms with Crippen LogP contribution in [0.1, 0.15) is 86.0 Å². The normalized spacial score (nSPS) is 12.9. The second-order valence-electron chi connectivity index (χ2n) is 6.21. The van der Waals surface area contributed by atoms with Gasteiger partial charge in [-0.25, -0.2) is 0 Å². The van der Waals surface area contributed by atoms with E-state index in [-0.39, 0.29) is 12.4 Å². The lowest BCUT2D eigenvalue weighted by Crippen LogP contribution is -2.27. The quantitative estimate of drug-likeness (QED) is 0.225. The summed E-state index contributed by atoms with van der Waals surface area (Å²) in [5, 5.41) is 2.66. The van der Waals surface area contributed by atoms with Gasteiger partial charge < -0.3 is 8.53 Å². The summed E-state index contributed by atoms with van der Waals surface area (Å²) in [6, 6.07) is 0. The van der Waals surface area contributed by atoms with Crippen LogP contribution in [0.5, 0.6) is 0 Å². The van der Waals surface area contributed by atoms with Gasteiger partial charge in [-0.15, -0.1) is 0 Å². The third-order valence-electron chi connectivity index (χ3n) is 3.61. The standard InChI is InChI=1S/2C6H13.C5H11O2.Al/c2*1-3-5-6-4-2;1-4(2)7-5(3)6;/h2*1,3-6H2,2H3;4-5H,1-3H3;/q;;-1;+1. The third-order valence-corrected chi connectivity index (χ3v) is 6.48. The van der Waals surface area contributed by atoms with E-state index in [2.05, 4.69) is 34.6 Å². The van der Waals surface area contributed by atoms with Crippen molar-refractivity contribution in [3.63, 3.8) is 0 Å². The van der Waals surface area contributed by atoms with Gasteiger partial charge in [-0.1, -0.05) is 75.8 Å². The third kappa shape index (κ3) is 13.4. The van der Waals surface area contributed by atoms with E-state index in [4.69, 9.17) is 8.53 Å². The summed E-state index contributed by atoms with van der Waals surface area (Å²) in [6.45, 7) is 10.8. The molecule has 0 spiro atoms. The van der Waals surface area contributed by atoms with E-state index in [1.165, 1.54) is 61.9 Å². The van der Waals surface area contributed by atoms with Gasteiger partial charge in [-0.3, -0.25) is 0 Å². The number of hydrogen-bond acceptors (Lipinski definition) is 2. The van der Waals surface area contributed by atoms with Crippen molar-refractivity contribution in [1.29, 1.82) is 0 Å². The Kier molecular flexibility index (Phi) is 14.7. The maximum Gasteiger partial charge on any atom is 0.462 e. The molecule has 0 radical (unpaired) electrons. The molecule has 0 aromatic carbocycles. The van der Waals surface area contributed by atoms with E-state index in [1.807, 2.05) is 0 Å². The molecule has 20 heavy (non-hydrogen) atoms. The zero-order chi connectivity index (χ0) is 15.2.